The summed E-state index contributed by atoms with van der Waals surface area (Å²) in [6.07, 6.45) is 4.19. The van der Waals surface area contributed by atoms with Gasteiger partial charge in [-0.1, -0.05) is 38.0 Å². The van der Waals surface area contributed by atoms with Gasteiger partial charge in [0.05, 0.1) is 4.90 Å². The van der Waals surface area contributed by atoms with Gasteiger partial charge in [0.1, 0.15) is 0 Å². The Bertz CT molecular complexity index is 543. The lowest BCUT2D eigenvalue weighted by atomic mass is 9.88. The van der Waals surface area contributed by atoms with Crippen molar-refractivity contribution in [3.8, 4) is 0 Å². The number of nitrogens with one attached hydrogen (secondary N) is 2. The summed E-state index contributed by atoms with van der Waals surface area (Å²) in [6, 6.07) is 7.26. The van der Waals surface area contributed by atoms with Crippen LogP contribution in [0.25, 0.3) is 0 Å². The molecule has 0 spiro atoms. The quantitative estimate of drug-likeness (QED) is 0.876. The molecule has 0 radical (unpaired) electrons. The fourth-order valence-corrected chi connectivity index (χ4v) is 4.45. The lowest BCUT2D eigenvalue weighted by molar-refractivity contribution is 0.327. The van der Waals surface area contributed by atoms with Gasteiger partial charge >= 0.3 is 0 Å². The maximum Gasteiger partial charge on any atom is 0.241 e. The summed E-state index contributed by atoms with van der Waals surface area (Å²) < 4.78 is 28.0. The Balaban J connectivity index is 2.17. The van der Waals surface area contributed by atoms with Crippen LogP contribution in [0.3, 0.4) is 0 Å². The molecule has 20 heavy (non-hydrogen) atoms. The van der Waals surface area contributed by atoms with Crippen molar-refractivity contribution in [3.05, 3.63) is 29.8 Å². The van der Waals surface area contributed by atoms with Crippen LogP contribution >= 0.6 is 0 Å². The number of hydrogen-bond donors (Lipinski definition) is 2. The first-order chi connectivity index (χ1) is 9.53. The largest absolute Gasteiger partial charge is 0.316 e. The molecule has 2 unspecified atom stereocenters. The fraction of sp³-hybridized carbons (Fsp3) is 0.600. The second-order valence-corrected chi connectivity index (χ2v) is 7.41. The highest BCUT2D eigenvalue weighted by Crippen LogP contribution is 2.25. The standard InChI is InChI=1S/C15H24N2O2S/c1-12-6-5-8-14(10-12)17-20(18,19)15-9-4-3-7-13(15)11-16-2/h3-4,7,9,12,14,16-17H,5-6,8,10-11H2,1-2H3. The first kappa shape index (κ1) is 15.5. The normalized spacial score (nSPS) is 23.7. The van der Waals surface area contributed by atoms with Gasteiger partial charge in [0.15, 0.2) is 0 Å². The van der Waals surface area contributed by atoms with Crippen molar-refractivity contribution in [2.24, 2.45) is 5.92 Å². The SMILES string of the molecule is CNCc1ccccc1S(=O)(=O)NC1CCCC(C)C1. The Hall–Kier alpha value is -0.910. The molecule has 1 aromatic carbocycles. The van der Waals surface area contributed by atoms with Gasteiger partial charge in [0.2, 0.25) is 10.0 Å². The molecule has 1 fully saturated rings. The molecule has 0 aliphatic heterocycles. The van der Waals surface area contributed by atoms with Crippen LogP contribution < -0.4 is 10.0 Å². The van der Waals surface area contributed by atoms with Crippen molar-refractivity contribution in [1.82, 2.24) is 10.0 Å². The van der Waals surface area contributed by atoms with Crippen molar-refractivity contribution in [1.29, 1.82) is 0 Å². The van der Waals surface area contributed by atoms with E-state index in [1.807, 2.05) is 19.2 Å². The fourth-order valence-electron chi connectivity index (χ4n) is 2.93. The molecule has 1 aliphatic carbocycles. The van der Waals surface area contributed by atoms with Crippen molar-refractivity contribution in [2.75, 3.05) is 7.05 Å². The zero-order valence-electron chi connectivity index (χ0n) is 12.2. The van der Waals surface area contributed by atoms with E-state index in [2.05, 4.69) is 17.0 Å². The second-order valence-electron chi connectivity index (χ2n) is 5.73. The molecule has 2 atom stereocenters. The van der Waals surface area contributed by atoms with E-state index in [9.17, 15) is 8.42 Å². The zero-order valence-corrected chi connectivity index (χ0v) is 13.0. The predicted molar refractivity (Wildman–Crippen MR) is 80.9 cm³/mol. The van der Waals surface area contributed by atoms with Gasteiger partial charge in [0, 0.05) is 12.6 Å². The first-order valence-corrected chi connectivity index (χ1v) is 8.76. The van der Waals surface area contributed by atoms with Crippen LogP contribution in [-0.2, 0) is 16.6 Å². The summed E-state index contributed by atoms with van der Waals surface area (Å²) in [5, 5.41) is 3.01. The van der Waals surface area contributed by atoms with E-state index in [0.717, 1.165) is 24.8 Å². The zero-order chi connectivity index (χ0) is 14.6. The molecule has 2 N–H and O–H groups in total. The van der Waals surface area contributed by atoms with Crippen LogP contribution in [0.5, 0.6) is 0 Å². The third-order valence-electron chi connectivity index (χ3n) is 3.89. The van der Waals surface area contributed by atoms with E-state index in [-0.39, 0.29) is 6.04 Å². The van der Waals surface area contributed by atoms with E-state index in [1.54, 1.807) is 12.1 Å². The molecule has 4 nitrogen and oxygen atoms in total. The van der Waals surface area contributed by atoms with Crippen molar-refractivity contribution < 1.29 is 8.42 Å². The Morgan fingerprint density at radius 1 is 1.25 bits per heavy atom. The molecule has 0 bridgehead atoms. The topological polar surface area (TPSA) is 58.2 Å². The van der Waals surface area contributed by atoms with Gasteiger partial charge in [0.25, 0.3) is 0 Å². The summed E-state index contributed by atoms with van der Waals surface area (Å²) in [5.41, 5.74) is 0.811. The molecule has 1 aromatic rings. The van der Waals surface area contributed by atoms with Crippen molar-refractivity contribution in [2.45, 2.75) is 50.1 Å². The Morgan fingerprint density at radius 2 is 2.00 bits per heavy atom. The highest BCUT2D eigenvalue weighted by Gasteiger charge is 2.25. The van der Waals surface area contributed by atoms with Gasteiger partial charge < -0.3 is 5.32 Å². The smallest absolute Gasteiger partial charge is 0.241 e. The number of rotatable bonds is 5. The summed E-state index contributed by atoms with van der Waals surface area (Å²) in [4.78, 5) is 0.396. The molecule has 2 rings (SSSR count). The van der Waals surface area contributed by atoms with E-state index < -0.39 is 10.0 Å². The molecule has 1 aliphatic rings. The number of hydrogen-bond acceptors (Lipinski definition) is 3. The average Bonchev–Trinajstić information content (AvgIpc) is 2.39. The first-order valence-electron chi connectivity index (χ1n) is 7.28. The van der Waals surface area contributed by atoms with Crippen molar-refractivity contribution in [3.63, 3.8) is 0 Å². The van der Waals surface area contributed by atoms with E-state index in [1.165, 1.54) is 6.42 Å². The van der Waals surface area contributed by atoms with Gasteiger partial charge in [-0.25, -0.2) is 13.1 Å². The predicted octanol–water partition coefficient (Wildman–Crippen LogP) is 2.26. The van der Waals surface area contributed by atoms with Crippen LogP contribution in [0.2, 0.25) is 0 Å². The molecule has 0 amide bonds. The lowest BCUT2D eigenvalue weighted by Gasteiger charge is -2.27. The van der Waals surface area contributed by atoms with E-state index in [4.69, 9.17) is 0 Å². The van der Waals surface area contributed by atoms with Gasteiger partial charge in [-0.05, 0) is 37.4 Å². The highest BCUT2D eigenvalue weighted by atomic mass is 32.2. The van der Waals surface area contributed by atoms with Crippen LogP contribution in [0.15, 0.2) is 29.2 Å². The maximum atomic E-state index is 12.6. The highest BCUT2D eigenvalue weighted by molar-refractivity contribution is 7.89. The van der Waals surface area contributed by atoms with Crippen molar-refractivity contribution >= 4 is 10.0 Å². The molecule has 5 heteroatoms. The van der Waals surface area contributed by atoms with Crippen LogP contribution in [0.4, 0.5) is 0 Å². The van der Waals surface area contributed by atoms with Crippen LogP contribution in [0.1, 0.15) is 38.2 Å². The third-order valence-corrected chi connectivity index (χ3v) is 5.51. The number of benzene rings is 1. The van der Waals surface area contributed by atoms with Gasteiger partial charge in [-0.15, -0.1) is 0 Å². The van der Waals surface area contributed by atoms with Crippen LogP contribution in [0, 0.1) is 5.92 Å². The summed E-state index contributed by atoms with van der Waals surface area (Å²) in [7, 11) is -1.61. The summed E-state index contributed by atoms with van der Waals surface area (Å²) >= 11 is 0. The molecular formula is C15H24N2O2S. The maximum absolute atomic E-state index is 12.6. The average molecular weight is 296 g/mol. The monoisotopic (exact) mass is 296 g/mol. The molecule has 0 saturated heterocycles. The van der Waals surface area contributed by atoms with Gasteiger partial charge in [-0.3, -0.25) is 0 Å². The number of sulfonamides is 1. The molecule has 112 valence electrons. The minimum absolute atomic E-state index is 0.0754. The Kier molecular flexibility index (Phi) is 5.18. The Morgan fingerprint density at radius 3 is 2.70 bits per heavy atom. The van der Waals surface area contributed by atoms with E-state index >= 15 is 0 Å². The van der Waals surface area contributed by atoms with Gasteiger partial charge in [-0.2, -0.15) is 0 Å². The molecular weight excluding hydrogens is 272 g/mol. The second kappa shape index (κ2) is 6.70. The third kappa shape index (κ3) is 3.81. The lowest BCUT2D eigenvalue weighted by Crippen LogP contribution is -2.38. The Labute approximate surface area is 122 Å². The summed E-state index contributed by atoms with van der Waals surface area (Å²) in [5.74, 6) is 0.601. The van der Waals surface area contributed by atoms with E-state index in [0.29, 0.717) is 17.4 Å². The minimum Gasteiger partial charge on any atom is -0.316 e. The minimum atomic E-state index is -3.43. The molecule has 1 saturated carbocycles. The molecule has 0 heterocycles. The van der Waals surface area contributed by atoms with Crippen LogP contribution in [-0.4, -0.2) is 21.5 Å². The molecule has 0 aromatic heterocycles. The summed E-state index contributed by atoms with van der Waals surface area (Å²) in [6.45, 7) is 2.74.